The average molecular weight is 366 g/mol. The molecule has 0 spiro atoms. The number of carbonyl (C=O) groups is 2. The van der Waals surface area contributed by atoms with Crippen LogP contribution in [0.5, 0.6) is 0 Å². The molecule has 2 aromatic rings. The lowest BCUT2D eigenvalue weighted by Gasteiger charge is -2.35. The van der Waals surface area contributed by atoms with E-state index in [4.69, 9.17) is 0 Å². The number of aromatic nitrogens is 2. The highest BCUT2D eigenvalue weighted by Crippen LogP contribution is 2.29. The number of piperazine rings is 1. The first kappa shape index (κ1) is 17.3. The van der Waals surface area contributed by atoms with Gasteiger partial charge in [0.15, 0.2) is 0 Å². The van der Waals surface area contributed by atoms with Crippen molar-refractivity contribution in [1.82, 2.24) is 14.9 Å². The largest absolute Gasteiger partial charge is 0.352 e. The smallest absolute Gasteiger partial charge is 0.322 e. The number of carbonyl (C=O) groups excluding carboxylic acids is 2. The summed E-state index contributed by atoms with van der Waals surface area (Å²) >= 11 is 0. The highest BCUT2D eigenvalue weighted by Gasteiger charge is 2.26. The molecular formula is C19H22N6O2. The third-order valence-corrected chi connectivity index (χ3v) is 4.95. The van der Waals surface area contributed by atoms with Crippen molar-refractivity contribution in [2.75, 3.05) is 47.8 Å². The van der Waals surface area contributed by atoms with Crippen LogP contribution in [0.3, 0.4) is 0 Å². The van der Waals surface area contributed by atoms with Gasteiger partial charge in [0.1, 0.15) is 5.82 Å². The standard InChI is InChI=1S/C19H22N6O2/c26-18-6-3-9-25(18)16-5-2-1-4-15(16)22-19(27)24-12-10-23(11-13-24)17-14-20-7-8-21-17/h1-2,4-5,7-8,14H,3,6,9-13H2,(H,22,27). The van der Waals surface area contributed by atoms with Crippen LogP contribution in [0.2, 0.25) is 0 Å². The van der Waals surface area contributed by atoms with Gasteiger partial charge < -0.3 is 20.0 Å². The van der Waals surface area contributed by atoms with Gasteiger partial charge in [-0.15, -0.1) is 0 Å². The van der Waals surface area contributed by atoms with Crippen molar-refractivity contribution in [3.8, 4) is 0 Å². The number of hydrogen-bond acceptors (Lipinski definition) is 5. The summed E-state index contributed by atoms with van der Waals surface area (Å²) in [5, 5.41) is 2.98. The molecule has 2 aliphatic rings. The van der Waals surface area contributed by atoms with Gasteiger partial charge in [-0.3, -0.25) is 9.78 Å². The van der Waals surface area contributed by atoms with Crippen LogP contribution in [0.15, 0.2) is 42.9 Å². The molecule has 8 nitrogen and oxygen atoms in total. The number of urea groups is 1. The normalized spacial score (nSPS) is 17.3. The molecule has 0 atom stereocenters. The molecule has 0 aliphatic carbocycles. The Kier molecular flexibility index (Phi) is 4.86. The summed E-state index contributed by atoms with van der Waals surface area (Å²) in [4.78, 5) is 38.9. The van der Waals surface area contributed by atoms with E-state index in [9.17, 15) is 9.59 Å². The molecule has 0 radical (unpaired) electrons. The SMILES string of the molecule is O=C(Nc1ccccc1N1CCCC1=O)N1CCN(c2cnccn2)CC1. The molecule has 0 unspecified atom stereocenters. The Hall–Kier alpha value is -3.16. The molecule has 140 valence electrons. The lowest BCUT2D eigenvalue weighted by atomic mass is 10.2. The Morgan fingerprint density at radius 3 is 2.56 bits per heavy atom. The maximum atomic E-state index is 12.7. The fraction of sp³-hybridized carbons (Fsp3) is 0.368. The minimum absolute atomic E-state index is 0.106. The van der Waals surface area contributed by atoms with E-state index in [1.54, 1.807) is 28.4 Å². The highest BCUT2D eigenvalue weighted by molar-refractivity contribution is 6.01. The van der Waals surface area contributed by atoms with Crippen LogP contribution in [0.1, 0.15) is 12.8 Å². The third-order valence-electron chi connectivity index (χ3n) is 4.95. The third kappa shape index (κ3) is 3.69. The van der Waals surface area contributed by atoms with Crippen molar-refractivity contribution in [3.05, 3.63) is 42.9 Å². The molecule has 2 fully saturated rings. The molecule has 4 rings (SSSR count). The van der Waals surface area contributed by atoms with Gasteiger partial charge in [-0.2, -0.15) is 0 Å². The maximum absolute atomic E-state index is 12.7. The van der Waals surface area contributed by atoms with Crippen LogP contribution >= 0.6 is 0 Å². The number of amides is 3. The van der Waals surface area contributed by atoms with Crippen molar-refractivity contribution in [1.29, 1.82) is 0 Å². The first-order valence-electron chi connectivity index (χ1n) is 9.18. The Labute approximate surface area is 157 Å². The zero-order valence-corrected chi connectivity index (χ0v) is 15.0. The molecule has 3 heterocycles. The summed E-state index contributed by atoms with van der Waals surface area (Å²) in [7, 11) is 0. The Bertz CT molecular complexity index is 820. The Morgan fingerprint density at radius 1 is 1.04 bits per heavy atom. The summed E-state index contributed by atoms with van der Waals surface area (Å²) in [6.45, 7) is 3.32. The summed E-state index contributed by atoms with van der Waals surface area (Å²) in [5.41, 5.74) is 1.45. The van der Waals surface area contributed by atoms with Gasteiger partial charge in [0.2, 0.25) is 5.91 Å². The number of benzene rings is 1. The fourth-order valence-corrected chi connectivity index (χ4v) is 3.50. The van der Waals surface area contributed by atoms with Crippen LogP contribution in [-0.4, -0.2) is 59.5 Å². The van der Waals surface area contributed by atoms with Gasteiger partial charge >= 0.3 is 6.03 Å². The highest BCUT2D eigenvalue weighted by atomic mass is 16.2. The van der Waals surface area contributed by atoms with E-state index in [2.05, 4.69) is 20.2 Å². The molecule has 1 N–H and O–H groups in total. The second-order valence-electron chi connectivity index (χ2n) is 6.63. The second-order valence-corrected chi connectivity index (χ2v) is 6.63. The summed E-state index contributed by atoms with van der Waals surface area (Å²) in [5.74, 6) is 0.935. The molecule has 1 aromatic heterocycles. The zero-order chi connectivity index (χ0) is 18.6. The topological polar surface area (TPSA) is 81.7 Å². The Balaban J connectivity index is 1.40. The first-order valence-corrected chi connectivity index (χ1v) is 9.18. The fourth-order valence-electron chi connectivity index (χ4n) is 3.50. The lowest BCUT2D eigenvalue weighted by molar-refractivity contribution is -0.117. The monoisotopic (exact) mass is 366 g/mol. The summed E-state index contributed by atoms with van der Waals surface area (Å²) < 4.78 is 0. The van der Waals surface area contributed by atoms with Crippen LogP contribution in [0, 0.1) is 0 Å². The van der Waals surface area contributed by atoms with E-state index >= 15 is 0 Å². The van der Waals surface area contributed by atoms with Crippen molar-refractivity contribution in [2.24, 2.45) is 0 Å². The predicted octanol–water partition coefficient (Wildman–Crippen LogP) is 1.96. The number of para-hydroxylation sites is 2. The molecule has 2 saturated heterocycles. The number of anilines is 3. The van der Waals surface area contributed by atoms with E-state index in [0.717, 1.165) is 17.9 Å². The van der Waals surface area contributed by atoms with Crippen LogP contribution in [0.25, 0.3) is 0 Å². The van der Waals surface area contributed by atoms with Crippen molar-refractivity contribution in [3.63, 3.8) is 0 Å². The van der Waals surface area contributed by atoms with Gasteiger partial charge in [-0.25, -0.2) is 9.78 Å². The minimum atomic E-state index is -0.145. The first-order chi connectivity index (χ1) is 13.2. The predicted molar refractivity (Wildman–Crippen MR) is 103 cm³/mol. The van der Waals surface area contributed by atoms with Crippen molar-refractivity contribution in [2.45, 2.75) is 12.8 Å². The maximum Gasteiger partial charge on any atom is 0.322 e. The average Bonchev–Trinajstić information content (AvgIpc) is 3.15. The van der Waals surface area contributed by atoms with Gasteiger partial charge in [0.05, 0.1) is 17.6 Å². The van der Waals surface area contributed by atoms with E-state index in [0.29, 0.717) is 44.8 Å². The van der Waals surface area contributed by atoms with Gasteiger partial charge in [-0.05, 0) is 18.6 Å². The number of rotatable bonds is 3. The molecule has 0 bridgehead atoms. The number of hydrogen-bond donors (Lipinski definition) is 1. The summed E-state index contributed by atoms with van der Waals surface area (Å²) in [6, 6.07) is 7.33. The second kappa shape index (κ2) is 7.61. The number of nitrogens with one attached hydrogen (secondary N) is 1. The summed E-state index contributed by atoms with van der Waals surface area (Å²) in [6.07, 6.45) is 6.47. The van der Waals surface area contributed by atoms with Gasteiger partial charge in [0, 0.05) is 51.5 Å². The van der Waals surface area contributed by atoms with Crippen LogP contribution < -0.4 is 15.1 Å². The quantitative estimate of drug-likeness (QED) is 0.898. The van der Waals surface area contributed by atoms with E-state index < -0.39 is 0 Å². The van der Waals surface area contributed by atoms with E-state index in [1.165, 1.54) is 0 Å². The van der Waals surface area contributed by atoms with Gasteiger partial charge in [-0.1, -0.05) is 12.1 Å². The Morgan fingerprint density at radius 2 is 1.85 bits per heavy atom. The van der Waals surface area contributed by atoms with Crippen molar-refractivity contribution < 1.29 is 9.59 Å². The zero-order valence-electron chi connectivity index (χ0n) is 15.0. The minimum Gasteiger partial charge on any atom is -0.352 e. The molecule has 0 saturated carbocycles. The molecule has 2 aliphatic heterocycles. The number of nitrogens with zero attached hydrogens (tertiary/aromatic N) is 5. The van der Waals surface area contributed by atoms with E-state index in [1.807, 2.05) is 24.3 Å². The lowest BCUT2D eigenvalue weighted by Crippen LogP contribution is -2.50. The van der Waals surface area contributed by atoms with Crippen LogP contribution in [-0.2, 0) is 4.79 Å². The molecular weight excluding hydrogens is 344 g/mol. The molecule has 27 heavy (non-hydrogen) atoms. The van der Waals surface area contributed by atoms with Crippen molar-refractivity contribution >= 4 is 29.1 Å². The molecule has 8 heteroatoms. The molecule has 3 amide bonds. The van der Waals surface area contributed by atoms with Crippen LogP contribution in [0.4, 0.5) is 22.0 Å². The van der Waals surface area contributed by atoms with E-state index in [-0.39, 0.29) is 11.9 Å². The van der Waals surface area contributed by atoms with Gasteiger partial charge in [0.25, 0.3) is 0 Å². The molecule has 1 aromatic carbocycles.